The Labute approximate surface area is 89.0 Å². The predicted molar refractivity (Wildman–Crippen MR) is 53.5 cm³/mol. The molecule has 5 nitrogen and oxygen atoms in total. The number of carbonyl (C=O) groups excluding carboxylic acids is 1. The lowest BCUT2D eigenvalue weighted by Crippen LogP contribution is -2.38. The normalized spacial score (nSPS) is 25.7. The van der Waals surface area contributed by atoms with Gasteiger partial charge in [-0.15, -0.1) is 0 Å². The van der Waals surface area contributed by atoms with E-state index in [0.717, 1.165) is 0 Å². The van der Waals surface area contributed by atoms with E-state index >= 15 is 0 Å². The lowest BCUT2D eigenvalue weighted by atomic mass is 10.0. The van der Waals surface area contributed by atoms with Crippen molar-refractivity contribution >= 4 is 12.1 Å². The molecule has 0 bridgehead atoms. The summed E-state index contributed by atoms with van der Waals surface area (Å²) in [6.07, 6.45) is -0.0845. The highest BCUT2D eigenvalue weighted by atomic mass is 16.6. The standard InChI is InChI=1S/C10H17NO4/c1-6(2)15-10(14)11-5-4-8(7(11)3)9(12)13/h6-8H,4-5H2,1-3H3,(H,12,13). The summed E-state index contributed by atoms with van der Waals surface area (Å²) in [5.74, 6) is -1.31. The molecule has 15 heavy (non-hydrogen) atoms. The van der Waals surface area contributed by atoms with Crippen LogP contribution in [0.4, 0.5) is 4.79 Å². The van der Waals surface area contributed by atoms with Gasteiger partial charge in [0.05, 0.1) is 12.0 Å². The van der Waals surface area contributed by atoms with Crippen LogP contribution < -0.4 is 0 Å². The third-order valence-electron chi connectivity index (χ3n) is 2.64. The van der Waals surface area contributed by atoms with E-state index in [9.17, 15) is 9.59 Å². The topological polar surface area (TPSA) is 66.8 Å². The van der Waals surface area contributed by atoms with E-state index in [4.69, 9.17) is 9.84 Å². The van der Waals surface area contributed by atoms with Crippen molar-refractivity contribution in [2.45, 2.75) is 39.3 Å². The maximum Gasteiger partial charge on any atom is 0.410 e. The molecule has 5 heteroatoms. The van der Waals surface area contributed by atoms with Crippen LogP contribution >= 0.6 is 0 Å². The number of likely N-dealkylation sites (tertiary alicyclic amines) is 1. The van der Waals surface area contributed by atoms with Crippen LogP contribution in [0.15, 0.2) is 0 Å². The van der Waals surface area contributed by atoms with Gasteiger partial charge < -0.3 is 14.7 Å². The molecule has 0 radical (unpaired) electrons. The number of carbonyl (C=O) groups is 2. The summed E-state index contributed by atoms with van der Waals surface area (Å²) in [5.41, 5.74) is 0. The maximum atomic E-state index is 11.5. The summed E-state index contributed by atoms with van der Waals surface area (Å²) in [5, 5.41) is 8.89. The zero-order valence-corrected chi connectivity index (χ0v) is 9.27. The average Bonchev–Trinajstić information content (AvgIpc) is 2.45. The van der Waals surface area contributed by atoms with E-state index in [1.807, 2.05) is 0 Å². The number of carboxylic acid groups (broad SMARTS) is 1. The van der Waals surface area contributed by atoms with Gasteiger partial charge in [0, 0.05) is 12.6 Å². The molecule has 86 valence electrons. The van der Waals surface area contributed by atoms with Gasteiger partial charge in [-0.1, -0.05) is 0 Å². The van der Waals surface area contributed by atoms with Crippen molar-refractivity contribution in [1.29, 1.82) is 0 Å². The molecule has 0 aromatic carbocycles. The molecule has 1 amide bonds. The summed E-state index contributed by atoms with van der Waals surface area (Å²) in [6, 6.07) is -0.284. The second-order valence-corrected chi connectivity index (χ2v) is 4.10. The van der Waals surface area contributed by atoms with Gasteiger partial charge in [-0.05, 0) is 27.2 Å². The molecule has 2 unspecified atom stereocenters. The fourth-order valence-corrected chi connectivity index (χ4v) is 1.80. The minimum absolute atomic E-state index is 0.173. The summed E-state index contributed by atoms with van der Waals surface area (Å²) in [6.45, 7) is 5.75. The highest BCUT2D eigenvalue weighted by Gasteiger charge is 2.38. The number of nitrogens with zero attached hydrogens (tertiary/aromatic N) is 1. The SMILES string of the molecule is CC(C)OC(=O)N1CCC(C(=O)O)C1C. The monoisotopic (exact) mass is 215 g/mol. The van der Waals surface area contributed by atoms with Crippen molar-refractivity contribution < 1.29 is 19.4 Å². The van der Waals surface area contributed by atoms with Crippen molar-refractivity contribution in [3.63, 3.8) is 0 Å². The number of aliphatic carboxylic acids is 1. The lowest BCUT2D eigenvalue weighted by Gasteiger charge is -2.23. The minimum Gasteiger partial charge on any atom is -0.481 e. The number of hydrogen-bond acceptors (Lipinski definition) is 3. The van der Waals surface area contributed by atoms with E-state index in [1.54, 1.807) is 20.8 Å². The Kier molecular flexibility index (Phi) is 3.55. The van der Waals surface area contributed by atoms with Crippen LogP contribution in [-0.4, -0.2) is 40.8 Å². The zero-order valence-electron chi connectivity index (χ0n) is 9.27. The molecule has 0 spiro atoms. The first kappa shape index (κ1) is 11.8. The Morgan fingerprint density at radius 3 is 2.47 bits per heavy atom. The minimum atomic E-state index is -0.845. The lowest BCUT2D eigenvalue weighted by molar-refractivity contribution is -0.142. The van der Waals surface area contributed by atoms with Crippen LogP contribution in [0.25, 0.3) is 0 Å². The predicted octanol–water partition coefficient (Wildman–Crippen LogP) is 1.33. The highest BCUT2D eigenvalue weighted by Crippen LogP contribution is 2.25. The Balaban J connectivity index is 2.59. The molecule has 1 heterocycles. The van der Waals surface area contributed by atoms with E-state index in [0.29, 0.717) is 13.0 Å². The molecule has 1 N–H and O–H groups in total. The highest BCUT2D eigenvalue weighted by molar-refractivity contribution is 5.75. The molecular formula is C10H17NO4. The van der Waals surface area contributed by atoms with E-state index in [1.165, 1.54) is 4.90 Å². The van der Waals surface area contributed by atoms with E-state index in [-0.39, 0.29) is 12.1 Å². The summed E-state index contributed by atoms with van der Waals surface area (Å²) >= 11 is 0. The number of ether oxygens (including phenoxy) is 1. The first-order chi connectivity index (χ1) is 6.93. The Bertz CT molecular complexity index is 264. The molecule has 1 aliphatic heterocycles. The van der Waals surface area contributed by atoms with Crippen molar-refractivity contribution in [2.24, 2.45) is 5.92 Å². The van der Waals surface area contributed by atoms with Gasteiger partial charge >= 0.3 is 12.1 Å². The zero-order chi connectivity index (χ0) is 11.6. The number of hydrogen-bond donors (Lipinski definition) is 1. The Morgan fingerprint density at radius 1 is 1.47 bits per heavy atom. The van der Waals surface area contributed by atoms with Crippen LogP contribution in [0.2, 0.25) is 0 Å². The summed E-state index contributed by atoms with van der Waals surface area (Å²) < 4.78 is 5.03. The average molecular weight is 215 g/mol. The molecule has 0 saturated carbocycles. The third kappa shape index (κ3) is 2.61. The molecule has 1 fully saturated rings. The number of carboxylic acids is 1. The van der Waals surface area contributed by atoms with Crippen molar-refractivity contribution in [1.82, 2.24) is 4.90 Å². The molecular weight excluding hydrogens is 198 g/mol. The Hall–Kier alpha value is -1.26. The Morgan fingerprint density at radius 2 is 2.07 bits per heavy atom. The van der Waals surface area contributed by atoms with Gasteiger partial charge in [-0.25, -0.2) is 4.79 Å². The first-order valence-electron chi connectivity index (χ1n) is 5.13. The summed E-state index contributed by atoms with van der Waals surface area (Å²) in [4.78, 5) is 23.9. The van der Waals surface area contributed by atoms with Crippen molar-refractivity contribution in [3.05, 3.63) is 0 Å². The molecule has 1 saturated heterocycles. The fraction of sp³-hybridized carbons (Fsp3) is 0.800. The number of rotatable bonds is 2. The van der Waals surface area contributed by atoms with Crippen LogP contribution in [0, 0.1) is 5.92 Å². The smallest absolute Gasteiger partial charge is 0.410 e. The van der Waals surface area contributed by atoms with E-state index in [2.05, 4.69) is 0 Å². The largest absolute Gasteiger partial charge is 0.481 e. The van der Waals surface area contributed by atoms with Gasteiger partial charge in [-0.3, -0.25) is 4.79 Å². The van der Waals surface area contributed by atoms with Gasteiger partial charge in [0.2, 0.25) is 0 Å². The first-order valence-corrected chi connectivity index (χ1v) is 5.13. The molecule has 2 atom stereocenters. The van der Waals surface area contributed by atoms with Crippen molar-refractivity contribution in [2.75, 3.05) is 6.54 Å². The fourth-order valence-electron chi connectivity index (χ4n) is 1.80. The summed E-state index contributed by atoms with van der Waals surface area (Å²) in [7, 11) is 0. The van der Waals surface area contributed by atoms with Crippen LogP contribution in [0.5, 0.6) is 0 Å². The van der Waals surface area contributed by atoms with Crippen LogP contribution in [-0.2, 0) is 9.53 Å². The molecule has 0 aromatic rings. The van der Waals surface area contributed by atoms with Gasteiger partial charge in [0.25, 0.3) is 0 Å². The second-order valence-electron chi connectivity index (χ2n) is 4.10. The number of amides is 1. The molecule has 0 aromatic heterocycles. The van der Waals surface area contributed by atoms with Crippen LogP contribution in [0.3, 0.4) is 0 Å². The maximum absolute atomic E-state index is 11.5. The molecule has 1 aliphatic rings. The quantitative estimate of drug-likeness (QED) is 0.754. The third-order valence-corrected chi connectivity index (χ3v) is 2.64. The van der Waals surface area contributed by atoms with Gasteiger partial charge in [-0.2, -0.15) is 0 Å². The van der Waals surface area contributed by atoms with Gasteiger partial charge in [0.15, 0.2) is 0 Å². The molecule has 0 aliphatic carbocycles. The van der Waals surface area contributed by atoms with Crippen molar-refractivity contribution in [3.8, 4) is 0 Å². The van der Waals surface area contributed by atoms with Gasteiger partial charge in [0.1, 0.15) is 0 Å². The van der Waals surface area contributed by atoms with Crippen LogP contribution in [0.1, 0.15) is 27.2 Å². The second kappa shape index (κ2) is 4.51. The van der Waals surface area contributed by atoms with E-state index < -0.39 is 18.0 Å². The molecule has 1 rings (SSSR count).